The monoisotopic (exact) mass is 566 g/mol. The van der Waals surface area contributed by atoms with Gasteiger partial charge in [0.05, 0.1) is 29.5 Å². The third-order valence-corrected chi connectivity index (χ3v) is 8.73. The third kappa shape index (κ3) is 4.08. The smallest absolute Gasteiger partial charge is 0.202 e. The van der Waals surface area contributed by atoms with Gasteiger partial charge in [-0.15, -0.1) is 0 Å². The van der Waals surface area contributed by atoms with E-state index in [1.807, 2.05) is 18.3 Å². The molecule has 0 radical (unpaired) electrons. The zero-order valence-corrected chi connectivity index (χ0v) is 22.9. The van der Waals surface area contributed by atoms with E-state index < -0.39 is 0 Å². The van der Waals surface area contributed by atoms with Gasteiger partial charge in [0.15, 0.2) is 28.9 Å². The topological polar surface area (TPSA) is 177 Å². The number of rotatable bonds is 6. The summed E-state index contributed by atoms with van der Waals surface area (Å²) in [7, 11) is 0. The number of imidazole rings is 2. The molecule has 0 aliphatic heterocycles. The second-order valence-electron chi connectivity index (χ2n) is 11.2. The molecule has 214 valence electrons. The Morgan fingerprint density at radius 1 is 0.714 bits per heavy atom. The molecule has 3 N–H and O–H groups in total. The molecule has 2 aliphatic rings. The van der Waals surface area contributed by atoms with Crippen molar-refractivity contribution in [2.45, 2.75) is 75.9 Å². The van der Waals surface area contributed by atoms with Crippen LogP contribution in [0.1, 0.15) is 69.9 Å². The zero-order chi connectivity index (χ0) is 28.0. The summed E-state index contributed by atoms with van der Waals surface area (Å²) in [4.78, 5) is 18.4. The molecule has 2 atom stereocenters. The predicted octanol–water partition coefficient (Wildman–Crippen LogP) is 4.96. The molecule has 0 bridgehead atoms. The number of hydrogen-bond acceptors (Lipinski definition) is 12. The van der Waals surface area contributed by atoms with Crippen molar-refractivity contribution in [1.82, 2.24) is 49.7 Å². The molecule has 14 heteroatoms. The van der Waals surface area contributed by atoms with Gasteiger partial charge >= 0.3 is 0 Å². The van der Waals surface area contributed by atoms with Crippen LogP contribution < -0.4 is 11.1 Å². The normalized spacial score (nSPS) is 20.0. The Morgan fingerprint density at radius 3 is 2.10 bits per heavy atom. The highest BCUT2D eigenvalue weighted by molar-refractivity contribution is 5.82. The number of nitrogens with two attached hydrogens (primary N) is 1. The minimum absolute atomic E-state index is 0.00293. The minimum Gasteiger partial charge on any atom is -0.379 e. The molecule has 0 saturated heterocycles. The first-order valence-electron chi connectivity index (χ1n) is 14.6. The Hall–Kier alpha value is -4.88. The fraction of sp³-hybridized carbons (Fsp3) is 0.429. The Balaban J connectivity index is 1.20. The number of fused-ring (bicyclic) bond motifs is 2. The largest absolute Gasteiger partial charge is 0.379 e. The van der Waals surface area contributed by atoms with Crippen LogP contribution in [0.3, 0.4) is 0 Å². The van der Waals surface area contributed by atoms with Crippen LogP contribution in [0.15, 0.2) is 46.2 Å². The lowest BCUT2D eigenvalue weighted by Crippen LogP contribution is -2.35. The summed E-state index contributed by atoms with van der Waals surface area (Å²) in [5.74, 6) is 2.12. The molecule has 2 unspecified atom stereocenters. The fourth-order valence-electron chi connectivity index (χ4n) is 6.82. The summed E-state index contributed by atoms with van der Waals surface area (Å²) in [5, 5.41) is 20.3. The van der Waals surface area contributed by atoms with Crippen LogP contribution in [0.5, 0.6) is 0 Å². The highest BCUT2D eigenvalue weighted by Crippen LogP contribution is 2.40. The van der Waals surface area contributed by atoms with Crippen molar-refractivity contribution in [3.63, 3.8) is 0 Å². The van der Waals surface area contributed by atoms with Gasteiger partial charge in [-0.1, -0.05) is 32.1 Å². The Morgan fingerprint density at radius 2 is 1.36 bits per heavy atom. The van der Waals surface area contributed by atoms with Crippen LogP contribution in [0.4, 0.5) is 11.6 Å². The summed E-state index contributed by atoms with van der Waals surface area (Å²) in [5.41, 5.74) is 10.7. The number of aromatic nitrogens is 10. The van der Waals surface area contributed by atoms with Crippen LogP contribution in [-0.4, -0.2) is 55.7 Å². The molecule has 0 aromatic carbocycles. The maximum atomic E-state index is 6.13. The van der Waals surface area contributed by atoms with Gasteiger partial charge in [-0.2, -0.15) is 0 Å². The lowest BCUT2D eigenvalue weighted by atomic mass is 9.89. The molecule has 2 aliphatic carbocycles. The molecule has 6 aromatic rings. The third-order valence-electron chi connectivity index (χ3n) is 8.73. The van der Waals surface area contributed by atoms with Crippen molar-refractivity contribution in [3.8, 4) is 23.0 Å². The first-order valence-corrected chi connectivity index (χ1v) is 14.6. The Labute approximate surface area is 239 Å². The lowest BCUT2D eigenvalue weighted by Gasteiger charge is -2.34. The molecule has 2 saturated carbocycles. The molecule has 6 aromatic heterocycles. The van der Waals surface area contributed by atoms with Crippen molar-refractivity contribution in [2.24, 2.45) is 0 Å². The molecule has 8 rings (SSSR count). The number of hydrogen-bond donors (Lipinski definition) is 2. The van der Waals surface area contributed by atoms with E-state index in [0.717, 1.165) is 66.4 Å². The van der Waals surface area contributed by atoms with E-state index in [1.54, 1.807) is 18.6 Å². The van der Waals surface area contributed by atoms with Gasteiger partial charge in [-0.3, -0.25) is 9.97 Å². The second-order valence-corrected chi connectivity index (χ2v) is 11.2. The Kier molecular flexibility index (Phi) is 6.04. The van der Waals surface area contributed by atoms with Gasteiger partial charge in [0, 0.05) is 24.5 Å². The Bertz CT molecular complexity index is 1860. The van der Waals surface area contributed by atoms with E-state index in [4.69, 9.17) is 25.0 Å². The molecule has 0 spiro atoms. The van der Waals surface area contributed by atoms with E-state index in [2.05, 4.69) is 45.0 Å². The first-order chi connectivity index (χ1) is 20.8. The van der Waals surface area contributed by atoms with Gasteiger partial charge < -0.3 is 20.2 Å². The van der Waals surface area contributed by atoms with E-state index >= 15 is 0 Å². The predicted molar refractivity (Wildman–Crippen MR) is 153 cm³/mol. The molecular weight excluding hydrogens is 536 g/mol. The highest BCUT2D eigenvalue weighted by Gasteiger charge is 2.34. The van der Waals surface area contributed by atoms with E-state index in [1.165, 1.54) is 19.3 Å². The van der Waals surface area contributed by atoms with Crippen LogP contribution in [0.25, 0.3) is 45.1 Å². The fourth-order valence-corrected chi connectivity index (χ4v) is 6.82. The van der Waals surface area contributed by atoms with Crippen molar-refractivity contribution in [1.29, 1.82) is 0 Å². The standard InChI is InChI=1S/C28H30N12O2/c29-25-23(35-41-37-25)27-33-19-15-31-13-11-22(19)40(27)20-9-5-4-8-17(20)32-26-24(36-42-38-26)28-34-18-14-30-12-10-21(18)39(28)16-6-2-1-3-7-16/h10-17,20H,1-9H2,(H2,29,37)(H,32,38). The number of nitrogens with zero attached hydrogens (tertiary/aromatic N) is 10. The summed E-state index contributed by atoms with van der Waals surface area (Å²) in [6.07, 6.45) is 17.0. The maximum Gasteiger partial charge on any atom is 0.202 e. The van der Waals surface area contributed by atoms with Gasteiger partial charge in [0.25, 0.3) is 0 Å². The van der Waals surface area contributed by atoms with E-state index in [-0.39, 0.29) is 17.9 Å². The number of nitrogen functional groups attached to an aromatic ring is 1. The quantitative estimate of drug-likeness (QED) is 0.277. The number of nitrogens with one attached hydrogen (secondary N) is 1. The van der Waals surface area contributed by atoms with E-state index in [0.29, 0.717) is 29.1 Å². The minimum atomic E-state index is -0.0102. The van der Waals surface area contributed by atoms with Crippen LogP contribution in [0.2, 0.25) is 0 Å². The molecule has 42 heavy (non-hydrogen) atoms. The second kappa shape index (κ2) is 10.2. The van der Waals surface area contributed by atoms with Gasteiger partial charge in [-0.05, 0) is 58.4 Å². The molecule has 6 heterocycles. The van der Waals surface area contributed by atoms with Crippen molar-refractivity contribution >= 4 is 33.7 Å². The molecule has 14 nitrogen and oxygen atoms in total. The average molecular weight is 567 g/mol. The highest BCUT2D eigenvalue weighted by atomic mass is 16.6. The van der Waals surface area contributed by atoms with Crippen molar-refractivity contribution in [2.75, 3.05) is 11.1 Å². The van der Waals surface area contributed by atoms with Crippen LogP contribution >= 0.6 is 0 Å². The van der Waals surface area contributed by atoms with Gasteiger partial charge in [0.2, 0.25) is 5.82 Å². The summed E-state index contributed by atoms with van der Waals surface area (Å²) < 4.78 is 14.8. The van der Waals surface area contributed by atoms with Crippen molar-refractivity contribution < 1.29 is 9.26 Å². The number of pyridine rings is 2. The molecule has 0 amide bonds. The average Bonchev–Trinajstić information content (AvgIpc) is 3.82. The lowest BCUT2D eigenvalue weighted by molar-refractivity contribution is 0.303. The summed E-state index contributed by atoms with van der Waals surface area (Å²) in [6.45, 7) is 0. The molecular formula is C28H30N12O2. The molecule has 2 fully saturated rings. The van der Waals surface area contributed by atoms with E-state index in [9.17, 15) is 0 Å². The SMILES string of the molecule is Nc1nonc1-c1nc2cnccc2n1C1CCCCC1Nc1nonc1-c1nc2cnccc2n1C1CCCCC1. The summed E-state index contributed by atoms with van der Waals surface area (Å²) >= 11 is 0. The number of anilines is 2. The van der Waals surface area contributed by atoms with Crippen molar-refractivity contribution in [3.05, 3.63) is 36.9 Å². The van der Waals surface area contributed by atoms with Crippen LogP contribution in [0, 0.1) is 0 Å². The maximum absolute atomic E-state index is 6.13. The summed E-state index contributed by atoms with van der Waals surface area (Å²) in [6, 6.07) is 4.32. The first kappa shape index (κ1) is 24.9. The van der Waals surface area contributed by atoms with Gasteiger partial charge in [-0.25, -0.2) is 19.2 Å². The van der Waals surface area contributed by atoms with Crippen LogP contribution in [-0.2, 0) is 0 Å². The van der Waals surface area contributed by atoms with Gasteiger partial charge in [0.1, 0.15) is 11.0 Å². The zero-order valence-electron chi connectivity index (χ0n) is 22.9.